The molecule has 2 N–H and O–H groups in total. The normalized spacial score (nSPS) is 11.9. The molecular formula is C24H21N5O3. The van der Waals surface area contributed by atoms with Gasteiger partial charge in [-0.05, 0) is 35.4 Å². The quantitative estimate of drug-likeness (QED) is 0.465. The van der Waals surface area contributed by atoms with Crippen molar-refractivity contribution in [2.24, 2.45) is 0 Å². The Morgan fingerprint density at radius 3 is 2.47 bits per heavy atom. The second-order valence-corrected chi connectivity index (χ2v) is 7.29. The Bertz CT molecular complexity index is 1230. The first-order valence-corrected chi connectivity index (χ1v) is 10.2. The lowest BCUT2D eigenvalue weighted by Gasteiger charge is -2.12. The number of nitrogens with one attached hydrogen (secondary N) is 2. The number of carbonyl (C=O) groups is 1. The summed E-state index contributed by atoms with van der Waals surface area (Å²) >= 11 is 0. The molecule has 0 spiro atoms. The third-order valence-corrected chi connectivity index (χ3v) is 5.05. The number of nitrogens with zero attached hydrogens (tertiary/aromatic N) is 3. The van der Waals surface area contributed by atoms with Crippen molar-refractivity contribution >= 4 is 17.4 Å². The molecule has 0 aliphatic carbocycles. The van der Waals surface area contributed by atoms with Gasteiger partial charge in [0.1, 0.15) is 0 Å². The van der Waals surface area contributed by atoms with Crippen molar-refractivity contribution in [1.29, 1.82) is 0 Å². The van der Waals surface area contributed by atoms with Crippen LogP contribution in [0.25, 0.3) is 0 Å². The Morgan fingerprint density at radius 2 is 1.66 bits per heavy atom. The average molecular weight is 427 g/mol. The molecule has 0 saturated carbocycles. The third kappa shape index (κ3) is 4.24. The van der Waals surface area contributed by atoms with Crippen molar-refractivity contribution in [3.63, 3.8) is 0 Å². The standard InChI is InChI=1S/C24H21N5O3/c30-24(26-19-9-5-2-6-10-19)22-23(29(28-27-22)15-17-7-3-1-4-8-17)25-14-18-11-12-20-21(13-18)32-16-31-20/h1-13,25H,14-16H2,(H,26,30). The number of benzene rings is 3. The van der Waals surface area contributed by atoms with E-state index in [1.54, 1.807) is 4.68 Å². The van der Waals surface area contributed by atoms with E-state index in [2.05, 4.69) is 20.9 Å². The third-order valence-electron chi connectivity index (χ3n) is 5.05. The molecule has 1 aromatic heterocycles. The SMILES string of the molecule is O=C(Nc1ccccc1)c1nnn(Cc2ccccc2)c1NCc1ccc2c(c1)OCO2. The maximum absolute atomic E-state index is 13.0. The molecule has 0 fully saturated rings. The molecule has 1 aliphatic heterocycles. The molecule has 3 aromatic carbocycles. The van der Waals surface area contributed by atoms with Gasteiger partial charge in [-0.2, -0.15) is 0 Å². The molecule has 32 heavy (non-hydrogen) atoms. The fourth-order valence-electron chi connectivity index (χ4n) is 3.46. The number of amides is 1. The number of carbonyl (C=O) groups excluding carboxylic acids is 1. The van der Waals surface area contributed by atoms with Crippen LogP contribution >= 0.6 is 0 Å². The minimum atomic E-state index is -0.330. The Hall–Kier alpha value is -4.33. The van der Waals surface area contributed by atoms with Crippen LogP contribution in [0.2, 0.25) is 0 Å². The van der Waals surface area contributed by atoms with Crippen LogP contribution < -0.4 is 20.1 Å². The summed E-state index contributed by atoms with van der Waals surface area (Å²) < 4.78 is 12.5. The second kappa shape index (κ2) is 8.81. The molecule has 0 saturated heterocycles. The minimum absolute atomic E-state index is 0.226. The van der Waals surface area contributed by atoms with E-state index < -0.39 is 0 Å². The fourth-order valence-corrected chi connectivity index (χ4v) is 3.46. The van der Waals surface area contributed by atoms with Gasteiger partial charge in [0.15, 0.2) is 23.0 Å². The monoisotopic (exact) mass is 427 g/mol. The van der Waals surface area contributed by atoms with Gasteiger partial charge in [0.2, 0.25) is 6.79 Å². The number of para-hydroxylation sites is 1. The first kappa shape index (κ1) is 19.6. The zero-order chi connectivity index (χ0) is 21.8. The molecule has 0 radical (unpaired) electrons. The maximum Gasteiger partial charge on any atom is 0.280 e. The van der Waals surface area contributed by atoms with Gasteiger partial charge in [0, 0.05) is 12.2 Å². The van der Waals surface area contributed by atoms with Crippen molar-refractivity contribution < 1.29 is 14.3 Å². The van der Waals surface area contributed by atoms with E-state index in [0.29, 0.717) is 30.3 Å². The molecule has 160 valence electrons. The van der Waals surface area contributed by atoms with Crippen LogP contribution in [0.15, 0.2) is 78.9 Å². The zero-order valence-electron chi connectivity index (χ0n) is 17.2. The van der Waals surface area contributed by atoms with Gasteiger partial charge in [-0.15, -0.1) is 5.10 Å². The van der Waals surface area contributed by atoms with Crippen LogP contribution in [0.5, 0.6) is 11.5 Å². The number of hydrogen-bond donors (Lipinski definition) is 2. The van der Waals surface area contributed by atoms with Crippen molar-refractivity contribution in [3.05, 3.63) is 95.7 Å². The maximum atomic E-state index is 13.0. The number of anilines is 2. The summed E-state index contributed by atoms with van der Waals surface area (Å²) in [6.45, 7) is 1.17. The largest absolute Gasteiger partial charge is 0.454 e. The summed E-state index contributed by atoms with van der Waals surface area (Å²) in [4.78, 5) is 13.0. The molecule has 8 heteroatoms. The van der Waals surface area contributed by atoms with E-state index in [4.69, 9.17) is 9.47 Å². The van der Waals surface area contributed by atoms with E-state index in [1.807, 2.05) is 78.9 Å². The summed E-state index contributed by atoms with van der Waals surface area (Å²) in [5.41, 5.74) is 2.96. The van der Waals surface area contributed by atoms with E-state index >= 15 is 0 Å². The average Bonchev–Trinajstić information content (AvgIpc) is 3.45. The van der Waals surface area contributed by atoms with Crippen LogP contribution in [0, 0.1) is 0 Å². The van der Waals surface area contributed by atoms with Crippen molar-refractivity contribution in [1.82, 2.24) is 15.0 Å². The van der Waals surface area contributed by atoms with Crippen molar-refractivity contribution in [3.8, 4) is 11.5 Å². The van der Waals surface area contributed by atoms with E-state index in [-0.39, 0.29) is 18.4 Å². The Labute approximate surface area is 184 Å². The highest BCUT2D eigenvalue weighted by Crippen LogP contribution is 2.32. The van der Waals surface area contributed by atoms with E-state index in [9.17, 15) is 4.79 Å². The summed E-state index contributed by atoms with van der Waals surface area (Å²) in [6, 6.07) is 24.9. The van der Waals surface area contributed by atoms with Crippen molar-refractivity contribution in [2.45, 2.75) is 13.1 Å². The van der Waals surface area contributed by atoms with Gasteiger partial charge in [0.05, 0.1) is 6.54 Å². The Balaban J connectivity index is 1.40. The molecular weight excluding hydrogens is 406 g/mol. The number of aromatic nitrogens is 3. The van der Waals surface area contributed by atoms with Crippen LogP contribution in [0.4, 0.5) is 11.5 Å². The Kier molecular flexibility index (Phi) is 5.40. The summed E-state index contributed by atoms with van der Waals surface area (Å²) in [6.07, 6.45) is 0. The molecule has 2 heterocycles. The van der Waals surface area contributed by atoms with Gasteiger partial charge in [-0.3, -0.25) is 4.79 Å². The van der Waals surface area contributed by atoms with Gasteiger partial charge in [-0.1, -0.05) is 59.8 Å². The molecule has 1 aliphatic rings. The minimum Gasteiger partial charge on any atom is -0.454 e. The van der Waals surface area contributed by atoms with Crippen LogP contribution in [0.3, 0.4) is 0 Å². The first-order chi connectivity index (χ1) is 15.8. The van der Waals surface area contributed by atoms with Crippen LogP contribution in [0.1, 0.15) is 21.6 Å². The predicted octanol–water partition coefficient (Wildman–Crippen LogP) is 3.92. The summed E-state index contributed by atoms with van der Waals surface area (Å²) in [5.74, 6) is 1.65. The Morgan fingerprint density at radius 1 is 0.906 bits per heavy atom. The lowest BCUT2D eigenvalue weighted by molar-refractivity contribution is 0.102. The highest BCUT2D eigenvalue weighted by atomic mass is 16.7. The molecule has 5 rings (SSSR count). The van der Waals surface area contributed by atoms with E-state index in [0.717, 1.165) is 16.9 Å². The molecule has 0 atom stereocenters. The molecule has 1 amide bonds. The highest BCUT2D eigenvalue weighted by molar-refractivity contribution is 6.06. The lowest BCUT2D eigenvalue weighted by atomic mass is 10.2. The number of rotatable bonds is 7. The number of ether oxygens (including phenoxy) is 2. The van der Waals surface area contributed by atoms with Gasteiger partial charge >= 0.3 is 0 Å². The van der Waals surface area contributed by atoms with Gasteiger partial charge < -0.3 is 20.1 Å². The summed E-state index contributed by atoms with van der Waals surface area (Å²) in [5, 5.41) is 14.6. The lowest BCUT2D eigenvalue weighted by Crippen LogP contribution is -2.16. The predicted molar refractivity (Wildman–Crippen MR) is 120 cm³/mol. The molecule has 0 unspecified atom stereocenters. The van der Waals surface area contributed by atoms with Crippen LogP contribution in [-0.4, -0.2) is 27.7 Å². The topological polar surface area (TPSA) is 90.3 Å². The zero-order valence-corrected chi connectivity index (χ0v) is 17.2. The number of fused-ring (bicyclic) bond motifs is 1. The molecule has 4 aromatic rings. The smallest absolute Gasteiger partial charge is 0.280 e. The van der Waals surface area contributed by atoms with Gasteiger partial charge in [0.25, 0.3) is 5.91 Å². The van der Waals surface area contributed by atoms with Gasteiger partial charge in [-0.25, -0.2) is 4.68 Å². The number of hydrogen-bond acceptors (Lipinski definition) is 6. The second-order valence-electron chi connectivity index (χ2n) is 7.29. The molecule has 8 nitrogen and oxygen atoms in total. The van der Waals surface area contributed by atoms with E-state index in [1.165, 1.54) is 0 Å². The van der Waals surface area contributed by atoms with Crippen molar-refractivity contribution in [2.75, 3.05) is 17.4 Å². The fraction of sp³-hybridized carbons (Fsp3) is 0.125. The summed E-state index contributed by atoms with van der Waals surface area (Å²) in [7, 11) is 0. The van der Waals surface area contributed by atoms with Crippen LogP contribution in [-0.2, 0) is 13.1 Å². The first-order valence-electron chi connectivity index (χ1n) is 10.2. The highest BCUT2D eigenvalue weighted by Gasteiger charge is 2.21. The molecule has 0 bridgehead atoms.